The minimum Gasteiger partial charge on any atom is -0.481 e. The molecule has 2 aromatic carbocycles. The number of ether oxygens (including phenoxy) is 1. The minimum atomic E-state index is -0.968. The number of aliphatic carboxylic acids is 1. The molecule has 1 saturated carbocycles. The molecule has 1 aliphatic heterocycles. The largest absolute Gasteiger partial charge is 0.481 e. The molecule has 0 bridgehead atoms. The molecule has 2 amide bonds. The number of likely N-dealkylation sites (tertiary alicyclic amines) is 1. The van der Waals surface area contributed by atoms with Gasteiger partial charge in [0.15, 0.2) is 0 Å². The van der Waals surface area contributed by atoms with Crippen LogP contribution in [0.2, 0.25) is 0 Å². The number of carboxylic acids is 1. The van der Waals surface area contributed by atoms with Crippen LogP contribution >= 0.6 is 0 Å². The Morgan fingerprint density at radius 3 is 2.19 bits per heavy atom. The fourth-order valence-electron chi connectivity index (χ4n) is 5.18. The van der Waals surface area contributed by atoms with Crippen LogP contribution in [0.25, 0.3) is 11.1 Å². The van der Waals surface area contributed by atoms with Gasteiger partial charge in [0.2, 0.25) is 5.91 Å². The molecule has 1 heterocycles. The minimum absolute atomic E-state index is 0.0473. The molecule has 32 heavy (non-hydrogen) atoms. The molecular weight excluding hydrogens is 408 g/mol. The van der Waals surface area contributed by atoms with Crippen LogP contribution in [0.1, 0.15) is 43.2 Å². The molecule has 7 nitrogen and oxygen atoms in total. The van der Waals surface area contributed by atoms with Crippen LogP contribution in [0, 0.1) is 5.92 Å². The highest BCUT2D eigenvalue weighted by atomic mass is 16.5. The molecule has 0 radical (unpaired) electrons. The molecule has 2 atom stereocenters. The SMILES string of the molecule is CC1C(C(=O)O)CCN1C(=O)C1(NC(=O)OCC2c3ccccc3-c3ccccc32)CC1. The molecule has 0 aromatic heterocycles. The molecule has 2 aliphatic carbocycles. The van der Waals surface area contributed by atoms with E-state index in [1.165, 1.54) is 0 Å². The van der Waals surface area contributed by atoms with Gasteiger partial charge in [-0.2, -0.15) is 0 Å². The molecule has 2 unspecified atom stereocenters. The summed E-state index contributed by atoms with van der Waals surface area (Å²) in [5.41, 5.74) is 3.60. The van der Waals surface area contributed by atoms with Crippen molar-refractivity contribution in [2.75, 3.05) is 13.2 Å². The van der Waals surface area contributed by atoms with E-state index in [1.807, 2.05) is 24.3 Å². The van der Waals surface area contributed by atoms with Crippen molar-refractivity contribution in [1.82, 2.24) is 10.2 Å². The van der Waals surface area contributed by atoms with Crippen LogP contribution < -0.4 is 5.32 Å². The molecule has 2 aromatic rings. The summed E-state index contributed by atoms with van der Waals surface area (Å²) in [6.07, 6.45) is 0.899. The second-order valence-electron chi connectivity index (χ2n) is 9.01. The van der Waals surface area contributed by atoms with Crippen LogP contribution in [-0.4, -0.2) is 52.7 Å². The third-order valence-electron chi connectivity index (χ3n) is 7.18. The first kappa shape index (κ1) is 20.5. The van der Waals surface area contributed by atoms with Crippen LogP contribution in [0.3, 0.4) is 0 Å². The Labute approximate surface area is 186 Å². The molecule has 1 saturated heterocycles. The van der Waals surface area contributed by atoms with Crippen molar-refractivity contribution in [3.8, 4) is 11.1 Å². The maximum atomic E-state index is 13.1. The number of nitrogens with one attached hydrogen (secondary N) is 1. The number of hydrogen-bond acceptors (Lipinski definition) is 4. The lowest BCUT2D eigenvalue weighted by atomic mass is 9.98. The van der Waals surface area contributed by atoms with Crippen LogP contribution in [0.15, 0.2) is 48.5 Å². The molecular formula is C25H26N2O5. The van der Waals surface area contributed by atoms with E-state index in [4.69, 9.17) is 4.74 Å². The van der Waals surface area contributed by atoms with Gasteiger partial charge in [-0.05, 0) is 48.4 Å². The fourth-order valence-corrected chi connectivity index (χ4v) is 5.18. The van der Waals surface area contributed by atoms with Gasteiger partial charge in [-0.1, -0.05) is 48.5 Å². The Hall–Kier alpha value is -3.35. The average molecular weight is 434 g/mol. The number of alkyl carbamates (subject to hydrolysis) is 1. The van der Waals surface area contributed by atoms with Gasteiger partial charge in [-0.25, -0.2) is 4.79 Å². The zero-order valence-corrected chi connectivity index (χ0v) is 17.9. The number of amides is 2. The number of hydrogen-bond donors (Lipinski definition) is 2. The first-order chi connectivity index (χ1) is 15.4. The lowest BCUT2D eigenvalue weighted by molar-refractivity contribution is -0.143. The number of benzene rings is 2. The van der Waals surface area contributed by atoms with Crippen molar-refractivity contribution in [3.05, 3.63) is 59.7 Å². The quantitative estimate of drug-likeness (QED) is 0.752. The Kier molecular flexibility index (Phi) is 4.92. The number of rotatable bonds is 5. The lowest BCUT2D eigenvalue weighted by Crippen LogP contribution is -2.52. The Balaban J connectivity index is 1.24. The maximum Gasteiger partial charge on any atom is 0.408 e. The van der Waals surface area contributed by atoms with Gasteiger partial charge in [0.25, 0.3) is 0 Å². The second kappa shape index (κ2) is 7.65. The number of carboxylic acid groups (broad SMARTS) is 1. The third-order valence-corrected chi connectivity index (χ3v) is 7.18. The van der Waals surface area contributed by atoms with Gasteiger partial charge >= 0.3 is 12.1 Å². The zero-order valence-electron chi connectivity index (χ0n) is 17.9. The highest BCUT2D eigenvalue weighted by Gasteiger charge is 2.56. The summed E-state index contributed by atoms with van der Waals surface area (Å²) in [6.45, 7) is 2.34. The van der Waals surface area contributed by atoms with E-state index in [9.17, 15) is 19.5 Å². The molecule has 166 valence electrons. The van der Waals surface area contributed by atoms with E-state index >= 15 is 0 Å². The van der Waals surface area contributed by atoms with Gasteiger partial charge in [0.1, 0.15) is 12.1 Å². The summed E-state index contributed by atoms with van der Waals surface area (Å²) in [4.78, 5) is 38.7. The smallest absolute Gasteiger partial charge is 0.408 e. The highest BCUT2D eigenvalue weighted by molar-refractivity contribution is 5.93. The first-order valence-electron chi connectivity index (χ1n) is 11.1. The van der Waals surface area contributed by atoms with Crippen molar-refractivity contribution in [2.24, 2.45) is 5.92 Å². The Morgan fingerprint density at radius 2 is 1.66 bits per heavy atom. The first-order valence-corrected chi connectivity index (χ1v) is 11.1. The van der Waals surface area contributed by atoms with Gasteiger partial charge in [0.05, 0.1) is 5.92 Å². The van der Waals surface area contributed by atoms with Crippen molar-refractivity contribution in [3.63, 3.8) is 0 Å². The Bertz CT molecular complexity index is 1050. The van der Waals surface area contributed by atoms with Crippen LogP contribution in [0.4, 0.5) is 4.79 Å². The van der Waals surface area contributed by atoms with E-state index in [0.717, 1.165) is 22.3 Å². The lowest BCUT2D eigenvalue weighted by Gasteiger charge is -2.28. The molecule has 5 rings (SSSR count). The van der Waals surface area contributed by atoms with Crippen molar-refractivity contribution >= 4 is 18.0 Å². The van der Waals surface area contributed by atoms with E-state index in [1.54, 1.807) is 11.8 Å². The number of nitrogens with zero attached hydrogens (tertiary/aromatic N) is 1. The van der Waals surface area contributed by atoms with Crippen molar-refractivity contribution < 1.29 is 24.2 Å². The van der Waals surface area contributed by atoms with Gasteiger partial charge in [-0.3, -0.25) is 9.59 Å². The predicted molar refractivity (Wildman–Crippen MR) is 117 cm³/mol. The van der Waals surface area contributed by atoms with Gasteiger partial charge < -0.3 is 20.1 Å². The molecule has 7 heteroatoms. The summed E-state index contributed by atoms with van der Waals surface area (Å²) in [7, 11) is 0. The topological polar surface area (TPSA) is 95.9 Å². The van der Waals surface area contributed by atoms with Crippen molar-refractivity contribution in [2.45, 2.75) is 43.7 Å². The highest BCUT2D eigenvalue weighted by Crippen LogP contribution is 2.45. The number of carbonyl (C=O) groups excluding carboxylic acids is 2. The third kappa shape index (κ3) is 3.32. The van der Waals surface area contributed by atoms with Crippen LogP contribution in [0.5, 0.6) is 0 Å². The molecule has 0 spiro atoms. The van der Waals surface area contributed by atoms with Gasteiger partial charge in [0, 0.05) is 18.5 Å². The monoisotopic (exact) mass is 434 g/mol. The summed E-state index contributed by atoms with van der Waals surface area (Å²) in [5, 5.41) is 12.1. The fraction of sp³-hybridized carbons (Fsp3) is 0.400. The summed E-state index contributed by atoms with van der Waals surface area (Å²) < 4.78 is 5.60. The number of carbonyl (C=O) groups is 3. The van der Waals surface area contributed by atoms with E-state index in [2.05, 4.69) is 29.6 Å². The second-order valence-corrected chi connectivity index (χ2v) is 9.01. The van der Waals surface area contributed by atoms with Crippen LogP contribution in [-0.2, 0) is 14.3 Å². The summed E-state index contributed by atoms with van der Waals surface area (Å²) in [6, 6.07) is 15.9. The Morgan fingerprint density at radius 1 is 1.06 bits per heavy atom. The predicted octanol–water partition coefficient (Wildman–Crippen LogP) is 3.38. The number of fused-ring (bicyclic) bond motifs is 3. The summed E-state index contributed by atoms with van der Waals surface area (Å²) >= 11 is 0. The van der Waals surface area contributed by atoms with E-state index < -0.39 is 23.5 Å². The zero-order chi connectivity index (χ0) is 22.5. The molecule has 3 aliphatic rings. The van der Waals surface area contributed by atoms with E-state index in [0.29, 0.717) is 25.8 Å². The molecule has 2 fully saturated rings. The van der Waals surface area contributed by atoms with E-state index in [-0.39, 0.29) is 24.5 Å². The normalized spacial score (nSPS) is 22.7. The van der Waals surface area contributed by atoms with Crippen molar-refractivity contribution in [1.29, 1.82) is 0 Å². The summed E-state index contributed by atoms with van der Waals surface area (Å²) in [5.74, 6) is -1.71. The average Bonchev–Trinajstić information content (AvgIpc) is 3.35. The molecule has 2 N–H and O–H groups in total. The maximum absolute atomic E-state index is 13.1. The standard InChI is InChI=1S/C25H26N2O5/c1-15-16(22(28)29)10-13-27(15)23(30)25(11-12-25)26-24(31)32-14-21-19-8-4-2-6-17(19)18-7-3-5-9-20(18)21/h2-9,15-16,21H,10-14H2,1H3,(H,26,31)(H,28,29). The van der Waals surface area contributed by atoms with Gasteiger partial charge in [-0.15, -0.1) is 0 Å².